The van der Waals surface area contributed by atoms with Crippen molar-refractivity contribution in [2.75, 3.05) is 25.1 Å². The van der Waals surface area contributed by atoms with Crippen LogP contribution in [0.2, 0.25) is 0 Å². The van der Waals surface area contributed by atoms with Crippen molar-refractivity contribution in [1.29, 1.82) is 0 Å². The Morgan fingerprint density at radius 1 is 1.09 bits per heavy atom. The lowest BCUT2D eigenvalue weighted by atomic mass is 9.99. The number of carbonyl (C=O) groups is 2. The lowest BCUT2D eigenvalue weighted by Gasteiger charge is -2.30. The summed E-state index contributed by atoms with van der Waals surface area (Å²) >= 11 is 0. The standard InChI is InChI=1S/C25H27N7O3/c33-24(28-21-5-3-4-19(27-21)23-30-29-22-6-1-2-9-32(22)23)20-12-18-14-31(10-7-16(18)13-26-20)25(34)17-8-11-35-15-17/h3-5,12-13,17H,1-2,6-11,14-15H2,(H,27,28,33)/t17-/m1/s1. The van der Waals surface area contributed by atoms with Crippen molar-refractivity contribution in [3.63, 3.8) is 0 Å². The number of anilines is 1. The second-order valence-corrected chi connectivity index (χ2v) is 9.32. The van der Waals surface area contributed by atoms with Gasteiger partial charge >= 0.3 is 0 Å². The normalized spacial score (nSPS) is 19.2. The molecule has 1 saturated heterocycles. The number of carbonyl (C=O) groups excluding carboxylic acids is 2. The number of hydrogen-bond donors (Lipinski definition) is 1. The molecule has 3 aliphatic heterocycles. The minimum Gasteiger partial charge on any atom is -0.381 e. The zero-order valence-electron chi connectivity index (χ0n) is 19.4. The third kappa shape index (κ3) is 4.29. The third-order valence-corrected chi connectivity index (χ3v) is 7.00. The number of hydrogen-bond acceptors (Lipinski definition) is 7. The SMILES string of the molecule is O=C(Nc1cccc(-c2nnc3n2CCCC3)n1)c1cc2c(cn1)CCN(C(=O)[C@@H]1CCOC1)C2. The first-order valence-electron chi connectivity index (χ1n) is 12.2. The minimum absolute atomic E-state index is 0.0598. The number of aryl methyl sites for hydroxylation is 1. The number of ether oxygens (including phenoxy) is 1. The number of nitrogens with one attached hydrogen (secondary N) is 1. The molecule has 3 aromatic rings. The zero-order valence-corrected chi connectivity index (χ0v) is 19.4. The van der Waals surface area contributed by atoms with Crippen LogP contribution in [0.4, 0.5) is 5.82 Å². The van der Waals surface area contributed by atoms with Gasteiger partial charge in [-0.1, -0.05) is 6.07 Å². The predicted octanol–water partition coefficient (Wildman–Crippen LogP) is 2.24. The van der Waals surface area contributed by atoms with Crippen LogP contribution < -0.4 is 5.32 Å². The zero-order chi connectivity index (χ0) is 23.8. The molecule has 0 unspecified atom stereocenters. The van der Waals surface area contributed by atoms with Crippen molar-refractivity contribution >= 4 is 17.6 Å². The molecule has 1 fully saturated rings. The Morgan fingerprint density at radius 2 is 2.03 bits per heavy atom. The topological polar surface area (TPSA) is 115 Å². The van der Waals surface area contributed by atoms with Gasteiger partial charge in [0, 0.05) is 38.9 Å². The summed E-state index contributed by atoms with van der Waals surface area (Å²) in [6.07, 6.45) is 6.39. The average molecular weight is 474 g/mol. The quantitative estimate of drug-likeness (QED) is 0.618. The highest BCUT2D eigenvalue weighted by atomic mass is 16.5. The van der Waals surface area contributed by atoms with E-state index in [1.54, 1.807) is 18.3 Å². The number of fused-ring (bicyclic) bond motifs is 2. The van der Waals surface area contributed by atoms with Crippen LogP contribution in [-0.4, -0.2) is 61.2 Å². The second kappa shape index (κ2) is 9.18. The van der Waals surface area contributed by atoms with E-state index in [0.717, 1.165) is 61.4 Å². The van der Waals surface area contributed by atoms with Gasteiger partial charge in [0.2, 0.25) is 5.91 Å². The summed E-state index contributed by atoms with van der Waals surface area (Å²) in [5.41, 5.74) is 3.01. The Morgan fingerprint density at radius 3 is 2.91 bits per heavy atom. The van der Waals surface area contributed by atoms with Gasteiger partial charge < -0.3 is 19.5 Å². The van der Waals surface area contributed by atoms with E-state index in [1.165, 1.54) is 0 Å². The maximum absolute atomic E-state index is 13.0. The summed E-state index contributed by atoms with van der Waals surface area (Å²) in [5.74, 6) is 1.86. The van der Waals surface area contributed by atoms with Gasteiger partial charge in [-0.2, -0.15) is 0 Å². The lowest BCUT2D eigenvalue weighted by Crippen LogP contribution is -2.40. The van der Waals surface area contributed by atoms with E-state index in [0.29, 0.717) is 43.5 Å². The summed E-state index contributed by atoms with van der Waals surface area (Å²) in [5, 5.41) is 11.5. The van der Waals surface area contributed by atoms with Crippen molar-refractivity contribution in [1.82, 2.24) is 29.6 Å². The number of pyridine rings is 2. The van der Waals surface area contributed by atoms with E-state index in [9.17, 15) is 9.59 Å². The summed E-state index contributed by atoms with van der Waals surface area (Å²) < 4.78 is 7.48. The Labute approximate surface area is 202 Å². The molecule has 6 heterocycles. The van der Waals surface area contributed by atoms with Crippen LogP contribution in [0.25, 0.3) is 11.5 Å². The fourth-order valence-corrected chi connectivity index (χ4v) is 5.04. The van der Waals surface area contributed by atoms with E-state index in [1.807, 2.05) is 17.0 Å². The molecule has 0 saturated carbocycles. The summed E-state index contributed by atoms with van der Waals surface area (Å²) in [6.45, 7) is 3.17. The van der Waals surface area contributed by atoms with Crippen LogP contribution in [0.5, 0.6) is 0 Å². The van der Waals surface area contributed by atoms with Gasteiger partial charge in [0.25, 0.3) is 5.91 Å². The van der Waals surface area contributed by atoms with Crippen LogP contribution >= 0.6 is 0 Å². The fourth-order valence-electron chi connectivity index (χ4n) is 5.04. The summed E-state index contributed by atoms with van der Waals surface area (Å²) in [4.78, 5) is 36.7. The molecule has 10 heteroatoms. The molecule has 1 atom stereocenters. The van der Waals surface area contributed by atoms with Crippen LogP contribution in [0.3, 0.4) is 0 Å². The number of nitrogens with zero attached hydrogens (tertiary/aromatic N) is 6. The second-order valence-electron chi connectivity index (χ2n) is 9.32. The van der Waals surface area contributed by atoms with Gasteiger partial charge in [0.15, 0.2) is 5.82 Å². The number of rotatable bonds is 4. The maximum Gasteiger partial charge on any atom is 0.275 e. The van der Waals surface area contributed by atoms with Crippen LogP contribution in [0, 0.1) is 5.92 Å². The van der Waals surface area contributed by atoms with Crippen LogP contribution in [0.15, 0.2) is 30.5 Å². The molecule has 10 nitrogen and oxygen atoms in total. The van der Waals surface area contributed by atoms with E-state index >= 15 is 0 Å². The largest absolute Gasteiger partial charge is 0.381 e. The van der Waals surface area contributed by atoms with Gasteiger partial charge in [-0.25, -0.2) is 4.98 Å². The molecule has 3 aliphatic rings. The van der Waals surface area contributed by atoms with Crippen LogP contribution in [-0.2, 0) is 35.5 Å². The number of aromatic nitrogens is 5. The highest BCUT2D eigenvalue weighted by Gasteiger charge is 2.30. The van der Waals surface area contributed by atoms with Crippen molar-refractivity contribution in [2.24, 2.45) is 5.92 Å². The smallest absolute Gasteiger partial charge is 0.275 e. The molecule has 0 aromatic carbocycles. The van der Waals surface area contributed by atoms with Crippen LogP contribution in [0.1, 0.15) is 46.7 Å². The number of amides is 2. The maximum atomic E-state index is 13.0. The fraction of sp³-hybridized carbons (Fsp3) is 0.440. The van der Waals surface area contributed by atoms with Crippen molar-refractivity contribution in [2.45, 2.75) is 45.2 Å². The molecule has 0 radical (unpaired) electrons. The molecular weight excluding hydrogens is 446 g/mol. The third-order valence-electron chi connectivity index (χ3n) is 7.00. The molecule has 0 bridgehead atoms. The Kier molecular flexibility index (Phi) is 5.73. The highest BCUT2D eigenvalue weighted by Crippen LogP contribution is 2.25. The van der Waals surface area contributed by atoms with E-state index in [2.05, 4.69) is 30.0 Å². The van der Waals surface area contributed by atoms with E-state index in [-0.39, 0.29) is 17.7 Å². The monoisotopic (exact) mass is 473 g/mol. The predicted molar refractivity (Wildman–Crippen MR) is 126 cm³/mol. The summed E-state index contributed by atoms with van der Waals surface area (Å²) in [7, 11) is 0. The van der Waals surface area contributed by atoms with Gasteiger partial charge in [-0.15, -0.1) is 10.2 Å². The van der Waals surface area contributed by atoms with Gasteiger partial charge in [-0.05, 0) is 55.0 Å². The van der Waals surface area contributed by atoms with Gasteiger partial charge in [0.1, 0.15) is 23.0 Å². The molecule has 2 amide bonds. The van der Waals surface area contributed by atoms with Crippen molar-refractivity contribution in [3.8, 4) is 11.5 Å². The Balaban J connectivity index is 1.18. The highest BCUT2D eigenvalue weighted by molar-refractivity contribution is 6.02. The first-order valence-corrected chi connectivity index (χ1v) is 12.2. The molecule has 1 N–H and O–H groups in total. The molecule has 35 heavy (non-hydrogen) atoms. The molecule has 0 spiro atoms. The molecule has 3 aromatic heterocycles. The molecular formula is C25H27N7O3. The Bertz CT molecular complexity index is 1280. The van der Waals surface area contributed by atoms with Gasteiger partial charge in [-0.3, -0.25) is 14.6 Å². The average Bonchev–Trinajstić information content (AvgIpc) is 3.58. The minimum atomic E-state index is -0.339. The van der Waals surface area contributed by atoms with Crippen molar-refractivity contribution in [3.05, 3.63) is 53.1 Å². The molecule has 0 aliphatic carbocycles. The summed E-state index contributed by atoms with van der Waals surface area (Å²) in [6, 6.07) is 7.25. The van der Waals surface area contributed by atoms with Gasteiger partial charge in [0.05, 0.1) is 12.5 Å². The first kappa shape index (κ1) is 21.8. The van der Waals surface area contributed by atoms with Crippen molar-refractivity contribution < 1.29 is 14.3 Å². The lowest BCUT2D eigenvalue weighted by molar-refractivity contribution is -0.136. The molecule has 180 valence electrons. The Hall–Kier alpha value is -3.66. The first-order chi connectivity index (χ1) is 17.2. The molecule has 6 rings (SSSR count). The van der Waals surface area contributed by atoms with E-state index in [4.69, 9.17) is 4.74 Å². The van der Waals surface area contributed by atoms with E-state index < -0.39 is 0 Å².